The Hall–Kier alpha value is -0.810. The van der Waals surface area contributed by atoms with Gasteiger partial charge in [0.15, 0.2) is 0 Å². The average Bonchev–Trinajstić information content (AvgIpc) is 2.41. The van der Waals surface area contributed by atoms with Crippen LogP contribution in [0.3, 0.4) is 0 Å². The highest BCUT2D eigenvalue weighted by Gasteiger charge is 2.19. The van der Waals surface area contributed by atoms with Gasteiger partial charge in [0.05, 0.1) is 13.2 Å². The summed E-state index contributed by atoms with van der Waals surface area (Å²) in [6.07, 6.45) is 0.866. The summed E-state index contributed by atoms with van der Waals surface area (Å²) in [4.78, 5) is 11.7. The van der Waals surface area contributed by atoms with Gasteiger partial charge in [-0.1, -0.05) is 37.6 Å². The molecule has 1 aromatic rings. The van der Waals surface area contributed by atoms with Crippen molar-refractivity contribution in [3.63, 3.8) is 0 Å². The molecule has 0 heterocycles. The lowest BCUT2D eigenvalue weighted by Crippen LogP contribution is -2.40. The van der Waals surface area contributed by atoms with Crippen LogP contribution >= 0.6 is 24.0 Å². The molecule has 6 heteroatoms. The Morgan fingerprint density at radius 3 is 2.73 bits per heavy atom. The summed E-state index contributed by atoms with van der Waals surface area (Å²) >= 11 is 6.00. The summed E-state index contributed by atoms with van der Waals surface area (Å²) in [6, 6.07) is 7.84. The van der Waals surface area contributed by atoms with Gasteiger partial charge in [0.1, 0.15) is 0 Å². The number of ether oxygens (including phenoxy) is 1. The molecular formula is C16H26Cl2N2O2. The molecule has 0 spiro atoms. The zero-order valence-electron chi connectivity index (χ0n) is 13.4. The molecule has 0 radical (unpaired) electrons. The van der Waals surface area contributed by atoms with Crippen LogP contribution in [0.1, 0.15) is 19.4 Å². The lowest BCUT2D eigenvalue weighted by atomic mass is 9.85. The third-order valence-electron chi connectivity index (χ3n) is 3.10. The lowest BCUT2D eigenvalue weighted by molar-refractivity contribution is -0.120. The van der Waals surface area contributed by atoms with Crippen molar-refractivity contribution in [2.45, 2.75) is 20.3 Å². The minimum atomic E-state index is -0.0210. The van der Waals surface area contributed by atoms with Crippen LogP contribution < -0.4 is 10.6 Å². The third kappa shape index (κ3) is 9.26. The molecule has 0 bridgehead atoms. The standard InChI is InChI=1S/C16H25ClN2O2.ClH/c1-16(2,10-13-5-4-6-14(17)9-13)12-19-15(20)11-18-7-8-21-3;/h4-6,9,18H,7-8,10-12H2,1-3H3,(H,19,20);1H. The molecule has 2 N–H and O–H groups in total. The maximum Gasteiger partial charge on any atom is 0.233 e. The third-order valence-corrected chi connectivity index (χ3v) is 3.34. The summed E-state index contributed by atoms with van der Waals surface area (Å²) < 4.78 is 4.91. The summed E-state index contributed by atoms with van der Waals surface area (Å²) in [5.41, 5.74) is 1.16. The Morgan fingerprint density at radius 1 is 1.36 bits per heavy atom. The van der Waals surface area contributed by atoms with E-state index in [-0.39, 0.29) is 23.7 Å². The maximum absolute atomic E-state index is 11.7. The van der Waals surface area contributed by atoms with Crippen LogP contribution in [0.4, 0.5) is 0 Å². The number of hydrogen-bond acceptors (Lipinski definition) is 3. The van der Waals surface area contributed by atoms with E-state index < -0.39 is 0 Å². The van der Waals surface area contributed by atoms with Crippen LogP contribution in [0, 0.1) is 5.41 Å². The normalized spacial score (nSPS) is 10.9. The number of carbonyl (C=O) groups is 1. The highest BCUT2D eigenvalue weighted by molar-refractivity contribution is 6.30. The van der Waals surface area contributed by atoms with Gasteiger partial charge in [-0.25, -0.2) is 0 Å². The van der Waals surface area contributed by atoms with E-state index in [9.17, 15) is 4.79 Å². The highest BCUT2D eigenvalue weighted by atomic mass is 35.5. The first-order chi connectivity index (χ1) is 9.93. The molecule has 0 aliphatic rings. The quantitative estimate of drug-likeness (QED) is 0.674. The van der Waals surface area contributed by atoms with Gasteiger partial charge in [0, 0.05) is 25.2 Å². The summed E-state index contributed by atoms with van der Waals surface area (Å²) in [7, 11) is 1.64. The number of hydrogen-bond donors (Lipinski definition) is 2. The van der Waals surface area contributed by atoms with Crippen molar-refractivity contribution in [1.29, 1.82) is 0 Å². The molecule has 0 aliphatic carbocycles. The number of carbonyl (C=O) groups excluding carboxylic acids is 1. The van der Waals surface area contributed by atoms with Crippen molar-refractivity contribution in [2.75, 3.05) is 33.4 Å². The van der Waals surface area contributed by atoms with Crippen LogP contribution in [0.25, 0.3) is 0 Å². The Bertz CT molecular complexity index is 454. The Morgan fingerprint density at radius 2 is 2.09 bits per heavy atom. The Labute approximate surface area is 144 Å². The van der Waals surface area contributed by atoms with E-state index in [1.165, 1.54) is 5.56 Å². The van der Waals surface area contributed by atoms with E-state index in [0.717, 1.165) is 11.4 Å². The minimum absolute atomic E-state index is 0. The van der Waals surface area contributed by atoms with Crippen LogP contribution in [0.2, 0.25) is 5.02 Å². The molecule has 0 aromatic heterocycles. The van der Waals surface area contributed by atoms with Crippen molar-refractivity contribution in [1.82, 2.24) is 10.6 Å². The number of benzene rings is 1. The van der Waals surface area contributed by atoms with Crippen molar-refractivity contribution < 1.29 is 9.53 Å². The lowest BCUT2D eigenvalue weighted by Gasteiger charge is -2.25. The number of methoxy groups -OCH3 is 1. The maximum atomic E-state index is 11.7. The van der Waals surface area contributed by atoms with Gasteiger partial charge in [-0.05, 0) is 29.5 Å². The van der Waals surface area contributed by atoms with Crippen LogP contribution in [0.15, 0.2) is 24.3 Å². The molecule has 1 rings (SSSR count). The van der Waals surface area contributed by atoms with E-state index in [4.69, 9.17) is 16.3 Å². The molecule has 0 saturated heterocycles. The second kappa shape index (κ2) is 10.8. The average molecular weight is 349 g/mol. The van der Waals surface area contributed by atoms with Gasteiger partial charge in [0.2, 0.25) is 5.91 Å². The number of amides is 1. The van der Waals surface area contributed by atoms with Gasteiger partial charge in [0.25, 0.3) is 0 Å². The zero-order chi connectivity index (χ0) is 15.7. The molecular weight excluding hydrogens is 323 g/mol. The van der Waals surface area contributed by atoms with Crippen molar-refractivity contribution in [3.8, 4) is 0 Å². The van der Waals surface area contributed by atoms with Gasteiger partial charge in [-0.2, -0.15) is 0 Å². The first kappa shape index (κ1) is 21.2. The summed E-state index contributed by atoms with van der Waals surface area (Å²) in [5, 5.41) is 6.73. The SMILES string of the molecule is COCCNCC(=O)NCC(C)(C)Cc1cccc(Cl)c1.Cl. The Kier molecular flexibility index (Phi) is 10.4. The molecule has 1 amide bonds. The van der Waals surface area contributed by atoms with E-state index >= 15 is 0 Å². The van der Waals surface area contributed by atoms with E-state index in [2.05, 4.69) is 30.5 Å². The molecule has 0 aliphatic heterocycles. The second-order valence-electron chi connectivity index (χ2n) is 5.92. The number of halogens is 2. The van der Waals surface area contributed by atoms with Crippen molar-refractivity contribution >= 4 is 29.9 Å². The van der Waals surface area contributed by atoms with E-state index in [1.54, 1.807) is 7.11 Å². The van der Waals surface area contributed by atoms with Gasteiger partial charge < -0.3 is 15.4 Å². The molecule has 0 saturated carbocycles. The van der Waals surface area contributed by atoms with Crippen molar-refractivity contribution in [3.05, 3.63) is 34.9 Å². The van der Waals surface area contributed by atoms with Gasteiger partial charge in [-0.3, -0.25) is 4.79 Å². The number of rotatable bonds is 9. The zero-order valence-corrected chi connectivity index (χ0v) is 15.0. The predicted molar refractivity (Wildman–Crippen MR) is 93.9 cm³/mol. The van der Waals surface area contributed by atoms with E-state index in [0.29, 0.717) is 26.2 Å². The van der Waals surface area contributed by atoms with Crippen LogP contribution in [-0.2, 0) is 16.0 Å². The fraction of sp³-hybridized carbons (Fsp3) is 0.562. The van der Waals surface area contributed by atoms with E-state index in [1.807, 2.05) is 18.2 Å². The first-order valence-electron chi connectivity index (χ1n) is 7.14. The monoisotopic (exact) mass is 348 g/mol. The molecule has 0 fully saturated rings. The molecule has 0 atom stereocenters. The summed E-state index contributed by atoms with van der Waals surface area (Å²) in [5.74, 6) is 0.00488. The fourth-order valence-electron chi connectivity index (χ4n) is 2.04. The first-order valence-corrected chi connectivity index (χ1v) is 7.51. The van der Waals surface area contributed by atoms with Crippen LogP contribution in [-0.4, -0.2) is 39.3 Å². The topological polar surface area (TPSA) is 50.4 Å². The molecule has 1 aromatic carbocycles. The Balaban J connectivity index is 0.00000441. The summed E-state index contributed by atoms with van der Waals surface area (Å²) in [6.45, 7) is 6.49. The smallest absolute Gasteiger partial charge is 0.233 e. The fourth-order valence-corrected chi connectivity index (χ4v) is 2.25. The molecule has 22 heavy (non-hydrogen) atoms. The predicted octanol–water partition coefficient (Wildman–Crippen LogP) is 2.68. The van der Waals surface area contributed by atoms with Gasteiger partial charge >= 0.3 is 0 Å². The van der Waals surface area contributed by atoms with Crippen LogP contribution in [0.5, 0.6) is 0 Å². The molecule has 4 nitrogen and oxygen atoms in total. The minimum Gasteiger partial charge on any atom is -0.383 e. The molecule has 0 unspecified atom stereocenters. The largest absolute Gasteiger partial charge is 0.383 e. The van der Waals surface area contributed by atoms with Crippen molar-refractivity contribution in [2.24, 2.45) is 5.41 Å². The van der Waals surface area contributed by atoms with Gasteiger partial charge in [-0.15, -0.1) is 12.4 Å². The molecule has 126 valence electrons. The number of nitrogens with one attached hydrogen (secondary N) is 2. The highest BCUT2D eigenvalue weighted by Crippen LogP contribution is 2.22. The second-order valence-corrected chi connectivity index (χ2v) is 6.35.